The van der Waals surface area contributed by atoms with Crippen LogP contribution in [0.2, 0.25) is 0 Å². The number of rotatable bonds is 3. The SMILES string of the molecule is CC(=O)Nc1ccc(C(=O)N[C@@H]2CCSc3ccc(F)cc32)cc1. The van der Waals surface area contributed by atoms with Crippen molar-refractivity contribution in [1.82, 2.24) is 5.32 Å². The molecule has 1 aliphatic rings. The largest absolute Gasteiger partial charge is 0.345 e. The van der Waals surface area contributed by atoms with Crippen LogP contribution in [-0.2, 0) is 4.79 Å². The van der Waals surface area contributed by atoms with E-state index in [1.54, 1.807) is 42.1 Å². The number of thioether (sulfide) groups is 1. The number of nitrogens with one attached hydrogen (secondary N) is 2. The molecule has 1 atom stereocenters. The van der Waals surface area contributed by atoms with E-state index < -0.39 is 0 Å². The van der Waals surface area contributed by atoms with Gasteiger partial charge in [-0.2, -0.15) is 0 Å². The Morgan fingerprint density at radius 3 is 2.62 bits per heavy atom. The lowest BCUT2D eigenvalue weighted by molar-refractivity contribution is -0.114. The van der Waals surface area contributed by atoms with E-state index in [2.05, 4.69) is 10.6 Å². The van der Waals surface area contributed by atoms with Crippen LogP contribution in [0.1, 0.15) is 35.3 Å². The molecule has 0 saturated heterocycles. The van der Waals surface area contributed by atoms with Crippen molar-refractivity contribution in [2.45, 2.75) is 24.3 Å². The molecule has 0 bridgehead atoms. The fraction of sp³-hybridized carbons (Fsp3) is 0.222. The second kappa shape index (κ2) is 7.05. The van der Waals surface area contributed by atoms with E-state index in [1.165, 1.54) is 19.1 Å². The summed E-state index contributed by atoms with van der Waals surface area (Å²) in [4.78, 5) is 24.5. The van der Waals surface area contributed by atoms with E-state index in [0.29, 0.717) is 11.3 Å². The van der Waals surface area contributed by atoms with Crippen molar-refractivity contribution in [1.29, 1.82) is 0 Å². The van der Waals surface area contributed by atoms with Gasteiger partial charge in [0, 0.05) is 28.8 Å². The van der Waals surface area contributed by atoms with Crippen LogP contribution in [0.4, 0.5) is 10.1 Å². The lowest BCUT2D eigenvalue weighted by Crippen LogP contribution is -2.30. The summed E-state index contributed by atoms with van der Waals surface area (Å²) >= 11 is 1.67. The van der Waals surface area contributed by atoms with Crippen LogP contribution in [0, 0.1) is 5.82 Å². The van der Waals surface area contributed by atoms with Crippen LogP contribution in [0.25, 0.3) is 0 Å². The van der Waals surface area contributed by atoms with Crippen molar-refractivity contribution < 1.29 is 14.0 Å². The number of fused-ring (bicyclic) bond motifs is 1. The van der Waals surface area contributed by atoms with Crippen molar-refractivity contribution in [3.63, 3.8) is 0 Å². The van der Waals surface area contributed by atoms with Gasteiger partial charge in [0.25, 0.3) is 5.91 Å². The number of anilines is 1. The van der Waals surface area contributed by atoms with Gasteiger partial charge in [0.2, 0.25) is 5.91 Å². The quantitative estimate of drug-likeness (QED) is 0.891. The number of carbonyl (C=O) groups excluding carboxylic acids is 2. The topological polar surface area (TPSA) is 58.2 Å². The summed E-state index contributed by atoms with van der Waals surface area (Å²) in [5.74, 6) is 0.211. The Morgan fingerprint density at radius 2 is 1.92 bits per heavy atom. The number of hydrogen-bond acceptors (Lipinski definition) is 3. The zero-order valence-electron chi connectivity index (χ0n) is 13.1. The maximum Gasteiger partial charge on any atom is 0.251 e. The molecule has 2 aromatic rings. The molecule has 0 aliphatic carbocycles. The first-order chi connectivity index (χ1) is 11.5. The highest BCUT2D eigenvalue weighted by Crippen LogP contribution is 2.36. The van der Waals surface area contributed by atoms with Gasteiger partial charge in [-0.3, -0.25) is 9.59 Å². The van der Waals surface area contributed by atoms with E-state index in [0.717, 1.165) is 22.6 Å². The maximum atomic E-state index is 13.5. The minimum absolute atomic E-state index is 0.162. The van der Waals surface area contributed by atoms with E-state index >= 15 is 0 Å². The normalized spacial score (nSPS) is 16.2. The van der Waals surface area contributed by atoms with E-state index in [4.69, 9.17) is 0 Å². The van der Waals surface area contributed by atoms with Gasteiger partial charge >= 0.3 is 0 Å². The summed E-state index contributed by atoms with van der Waals surface area (Å²) in [5, 5.41) is 5.63. The predicted octanol–water partition coefficient (Wildman–Crippen LogP) is 3.75. The van der Waals surface area contributed by atoms with Gasteiger partial charge in [-0.1, -0.05) is 0 Å². The fourth-order valence-corrected chi connectivity index (χ4v) is 3.77. The lowest BCUT2D eigenvalue weighted by Gasteiger charge is -2.26. The van der Waals surface area contributed by atoms with Crippen LogP contribution in [-0.4, -0.2) is 17.6 Å². The van der Waals surface area contributed by atoms with Crippen molar-refractivity contribution in [2.75, 3.05) is 11.1 Å². The maximum absolute atomic E-state index is 13.5. The fourth-order valence-electron chi connectivity index (χ4n) is 2.67. The molecule has 2 aromatic carbocycles. The summed E-state index contributed by atoms with van der Waals surface area (Å²) in [5.41, 5.74) is 1.97. The molecule has 0 unspecified atom stereocenters. The highest BCUT2D eigenvalue weighted by Gasteiger charge is 2.23. The van der Waals surface area contributed by atoms with E-state index in [-0.39, 0.29) is 23.7 Å². The number of hydrogen-bond donors (Lipinski definition) is 2. The molecular formula is C18H17FN2O2S. The third-order valence-corrected chi connectivity index (χ3v) is 4.91. The molecule has 24 heavy (non-hydrogen) atoms. The molecule has 0 saturated carbocycles. The smallest absolute Gasteiger partial charge is 0.251 e. The number of amides is 2. The van der Waals surface area contributed by atoms with Crippen molar-refractivity contribution in [2.24, 2.45) is 0 Å². The zero-order valence-corrected chi connectivity index (χ0v) is 14.0. The second-order valence-corrected chi connectivity index (χ2v) is 6.74. The minimum Gasteiger partial charge on any atom is -0.345 e. The molecule has 124 valence electrons. The van der Waals surface area contributed by atoms with Crippen LogP contribution < -0.4 is 10.6 Å². The van der Waals surface area contributed by atoms with Gasteiger partial charge in [-0.15, -0.1) is 11.8 Å². The minimum atomic E-state index is -0.296. The van der Waals surface area contributed by atoms with Crippen molar-refractivity contribution >= 4 is 29.3 Å². The summed E-state index contributed by atoms with van der Waals surface area (Å²) in [6, 6.07) is 11.2. The summed E-state index contributed by atoms with van der Waals surface area (Å²) in [6.07, 6.45) is 0.761. The molecule has 0 radical (unpaired) electrons. The van der Waals surface area contributed by atoms with Gasteiger partial charge in [0.05, 0.1) is 6.04 Å². The van der Waals surface area contributed by atoms with Crippen LogP contribution in [0.5, 0.6) is 0 Å². The highest BCUT2D eigenvalue weighted by atomic mass is 32.2. The van der Waals surface area contributed by atoms with Crippen LogP contribution >= 0.6 is 11.8 Å². The summed E-state index contributed by atoms with van der Waals surface area (Å²) < 4.78 is 13.5. The Bertz CT molecular complexity index is 777. The monoisotopic (exact) mass is 344 g/mol. The molecule has 0 fully saturated rings. The Kier molecular flexibility index (Phi) is 4.85. The highest BCUT2D eigenvalue weighted by molar-refractivity contribution is 7.99. The molecule has 6 heteroatoms. The van der Waals surface area contributed by atoms with Gasteiger partial charge < -0.3 is 10.6 Å². The zero-order chi connectivity index (χ0) is 17.1. The molecular weight excluding hydrogens is 327 g/mol. The Labute approximate surface area is 143 Å². The first-order valence-corrected chi connectivity index (χ1v) is 8.62. The molecule has 0 aromatic heterocycles. The molecule has 1 aliphatic heterocycles. The first kappa shape index (κ1) is 16.5. The van der Waals surface area contributed by atoms with Crippen molar-refractivity contribution in [3.05, 3.63) is 59.4 Å². The molecule has 1 heterocycles. The van der Waals surface area contributed by atoms with Crippen LogP contribution in [0.15, 0.2) is 47.4 Å². The third kappa shape index (κ3) is 3.76. The standard InChI is InChI=1S/C18H17FN2O2S/c1-11(22)20-14-5-2-12(3-6-14)18(23)21-16-8-9-24-17-7-4-13(19)10-15(16)17/h2-7,10,16H,8-9H2,1H3,(H,20,22)(H,21,23)/t16-/m1/s1. The number of halogens is 1. The van der Waals surface area contributed by atoms with E-state index in [1.807, 2.05) is 0 Å². The average Bonchev–Trinajstić information content (AvgIpc) is 2.55. The molecule has 0 spiro atoms. The molecule has 2 N–H and O–H groups in total. The predicted molar refractivity (Wildman–Crippen MR) is 92.7 cm³/mol. The Hall–Kier alpha value is -2.34. The van der Waals surface area contributed by atoms with Crippen molar-refractivity contribution in [3.8, 4) is 0 Å². The number of benzene rings is 2. The second-order valence-electron chi connectivity index (χ2n) is 5.60. The molecule has 4 nitrogen and oxygen atoms in total. The van der Waals surface area contributed by atoms with Gasteiger partial charge in [-0.25, -0.2) is 4.39 Å². The molecule has 3 rings (SSSR count). The summed E-state index contributed by atoms with van der Waals surface area (Å²) in [7, 11) is 0. The lowest BCUT2D eigenvalue weighted by atomic mass is 10.0. The van der Waals surface area contributed by atoms with Gasteiger partial charge in [-0.05, 0) is 54.4 Å². The van der Waals surface area contributed by atoms with Gasteiger partial charge in [0.15, 0.2) is 0 Å². The molecule has 2 amide bonds. The third-order valence-electron chi connectivity index (χ3n) is 3.78. The first-order valence-electron chi connectivity index (χ1n) is 7.64. The number of carbonyl (C=O) groups is 2. The Balaban J connectivity index is 1.74. The van der Waals surface area contributed by atoms with Crippen LogP contribution in [0.3, 0.4) is 0 Å². The van der Waals surface area contributed by atoms with Gasteiger partial charge in [0.1, 0.15) is 5.82 Å². The Morgan fingerprint density at radius 1 is 1.17 bits per heavy atom. The average molecular weight is 344 g/mol. The van der Waals surface area contributed by atoms with E-state index in [9.17, 15) is 14.0 Å². The summed E-state index contributed by atoms with van der Waals surface area (Å²) in [6.45, 7) is 1.43.